The number of benzene rings is 1. The molecule has 1 unspecified atom stereocenters. The van der Waals surface area contributed by atoms with Gasteiger partial charge >= 0.3 is 0 Å². The predicted octanol–water partition coefficient (Wildman–Crippen LogP) is 3.89. The first-order chi connectivity index (χ1) is 13.1. The first-order valence-corrected chi connectivity index (χ1v) is 12.4. The van der Waals surface area contributed by atoms with Crippen LogP contribution in [0.15, 0.2) is 35.4 Å². The Bertz CT molecular complexity index is 720. The SMILES string of the molecule is CC(C)(C)[Si](C)(C)O[C@H]1[C@H](O)[C@@H](N=[N+]=[N-])O[C@@H]2COC(c3ccccc3)O[C@@H]12. The van der Waals surface area contributed by atoms with Gasteiger partial charge in [-0.3, -0.25) is 0 Å². The maximum absolute atomic E-state index is 10.9. The standard InChI is InChI=1S/C19H29N3O5Si/c1-19(2,3)28(4,5)27-16-14(23)17(21-22-20)25-13-11-24-18(26-15(13)16)12-9-7-6-8-10-12/h6-10,13-18,23H,11H2,1-5H3/t13-,14+,15-,16+,17+,18?/m1/s1. The minimum Gasteiger partial charge on any atom is -0.408 e. The topological polar surface area (TPSA) is 106 Å². The molecule has 1 N–H and O–H groups in total. The number of fused-ring (bicyclic) bond motifs is 1. The van der Waals surface area contributed by atoms with Crippen LogP contribution in [0.4, 0.5) is 0 Å². The molecule has 0 bridgehead atoms. The van der Waals surface area contributed by atoms with Crippen LogP contribution in [0, 0.1) is 0 Å². The Labute approximate surface area is 166 Å². The fourth-order valence-corrected chi connectivity index (χ4v) is 4.46. The molecule has 2 heterocycles. The second kappa shape index (κ2) is 8.12. The molecule has 1 aromatic carbocycles. The quantitative estimate of drug-likeness (QED) is 0.353. The monoisotopic (exact) mass is 407 g/mol. The van der Waals surface area contributed by atoms with Gasteiger partial charge in [0.05, 0.1) is 6.61 Å². The molecule has 28 heavy (non-hydrogen) atoms. The molecule has 2 aliphatic heterocycles. The summed E-state index contributed by atoms with van der Waals surface area (Å²) in [6, 6.07) is 9.62. The molecule has 3 rings (SSSR count). The van der Waals surface area contributed by atoms with E-state index in [0.29, 0.717) is 0 Å². The Kier molecular flexibility index (Phi) is 6.16. The van der Waals surface area contributed by atoms with E-state index in [1.807, 2.05) is 30.3 Å². The van der Waals surface area contributed by atoms with Crippen LogP contribution in [0.3, 0.4) is 0 Å². The van der Waals surface area contributed by atoms with E-state index in [4.69, 9.17) is 24.2 Å². The van der Waals surface area contributed by atoms with Gasteiger partial charge in [0.2, 0.25) is 0 Å². The molecule has 2 fully saturated rings. The van der Waals surface area contributed by atoms with Gasteiger partial charge in [0.25, 0.3) is 0 Å². The molecule has 6 atom stereocenters. The van der Waals surface area contributed by atoms with Crippen LogP contribution in [0.25, 0.3) is 10.4 Å². The summed E-state index contributed by atoms with van der Waals surface area (Å²) in [6.45, 7) is 10.9. The van der Waals surface area contributed by atoms with E-state index in [0.717, 1.165) is 5.56 Å². The number of hydrogen-bond donors (Lipinski definition) is 1. The van der Waals surface area contributed by atoms with E-state index in [9.17, 15) is 5.11 Å². The number of nitrogens with zero attached hydrogens (tertiary/aromatic N) is 3. The van der Waals surface area contributed by atoms with Gasteiger partial charge in [0.15, 0.2) is 20.8 Å². The van der Waals surface area contributed by atoms with Gasteiger partial charge in [-0.05, 0) is 23.7 Å². The van der Waals surface area contributed by atoms with Crippen molar-refractivity contribution >= 4 is 8.32 Å². The average Bonchev–Trinajstić information content (AvgIpc) is 2.65. The summed E-state index contributed by atoms with van der Waals surface area (Å²) in [7, 11) is -2.24. The molecule has 2 aliphatic rings. The van der Waals surface area contributed by atoms with Crippen LogP contribution in [-0.2, 0) is 18.6 Å². The zero-order chi connectivity index (χ0) is 20.5. The molecule has 0 saturated carbocycles. The van der Waals surface area contributed by atoms with E-state index in [-0.39, 0.29) is 11.6 Å². The third-order valence-electron chi connectivity index (χ3n) is 5.80. The van der Waals surface area contributed by atoms with Crippen molar-refractivity contribution in [2.75, 3.05) is 6.61 Å². The van der Waals surface area contributed by atoms with Crippen molar-refractivity contribution in [1.82, 2.24) is 0 Å². The average molecular weight is 408 g/mol. The molecule has 0 aromatic heterocycles. The largest absolute Gasteiger partial charge is 0.408 e. The first-order valence-electron chi connectivity index (χ1n) is 9.51. The first kappa shape index (κ1) is 21.3. The van der Waals surface area contributed by atoms with Crippen molar-refractivity contribution in [3.05, 3.63) is 46.3 Å². The highest BCUT2D eigenvalue weighted by molar-refractivity contribution is 6.74. The van der Waals surface area contributed by atoms with E-state index in [2.05, 4.69) is 43.9 Å². The lowest BCUT2D eigenvalue weighted by Gasteiger charge is -2.50. The summed E-state index contributed by atoms with van der Waals surface area (Å²) in [4.78, 5) is 2.80. The van der Waals surface area contributed by atoms with Crippen LogP contribution in [-0.4, -0.2) is 50.7 Å². The Morgan fingerprint density at radius 2 is 1.89 bits per heavy atom. The van der Waals surface area contributed by atoms with Crippen molar-refractivity contribution in [3.63, 3.8) is 0 Å². The molecule has 0 aliphatic carbocycles. The summed E-state index contributed by atoms with van der Waals surface area (Å²) < 4.78 is 24.3. The minimum absolute atomic E-state index is 0.0570. The van der Waals surface area contributed by atoms with E-state index in [1.54, 1.807) is 0 Å². The van der Waals surface area contributed by atoms with Crippen molar-refractivity contribution in [2.45, 2.75) is 75.8 Å². The third kappa shape index (κ3) is 4.26. The summed E-state index contributed by atoms with van der Waals surface area (Å²) in [5.41, 5.74) is 9.73. The highest BCUT2D eigenvalue weighted by atomic mass is 28.4. The molecule has 8 nitrogen and oxygen atoms in total. The molecule has 9 heteroatoms. The highest BCUT2D eigenvalue weighted by Crippen LogP contribution is 2.42. The van der Waals surface area contributed by atoms with Gasteiger partial charge in [-0.2, -0.15) is 0 Å². The van der Waals surface area contributed by atoms with Crippen LogP contribution >= 0.6 is 0 Å². The van der Waals surface area contributed by atoms with Gasteiger partial charge < -0.3 is 23.7 Å². The normalized spacial score (nSPS) is 33.6. The molecule has 2 saturated heterocycles. The number of rotatable bonds is 4. The Morgan fingerprint density at radius 1 is 1.21 bits per heavy atom. The fourth-order valence-electron chi connectivity index (χ4n) is 3.15. The molecule has 0 spiro atoms. The maximum Gasteiger partial charge on any atom is 0.192 e. The van der Waals surface area contributed by atoms with Gasteiger partial charge in [0, 0.05) is 10.5 Å². The second-order valence-corrected chi connectivity index (χ2v) is 13.5. The summed E-state index contributed by atoms with van der Waals surface area (Å²) in [5, 5.41) is 14.4. The molecule has 1 aromatic rings. The van der Waals surface area contributed by atoms with Crippen LogP contribution in [0.2, 0.25) is 18.1 Å². The molecule has 154 valence electrons. The summed E-state index contributed by atoms with van der Waals surface area (Å²) in [6.07, 6.45) is -4.44. The Balaban J connectivity index is 1.88. The van der Waals surface area contributed by atoms with Crippen molar-refractivity contribution in [2.24, 2.45) is 5.11 Å². The zero-order valence-electron chi connectivity index (χ0n) is 17.0. The predicted molar refractivity (Wildman–Crippen MR) is 106 cm³/mol. The van der Waals surface area contributed by atoms with Gasteiger partial charge in [-0.25, -0.2) is 0 Å². The molecular weight excluding hydrogens is 378 g/mol. The van der Waals surface area contributed by atoms with Crippen LogP contribution < -0.4 is 0 Å². The lowest BCUT2D eigenvalue weighted by Crippen LogP contribution is -2.64. The van der Waals surface area contributed by atoms with E-state index in [1.165, 1.54) is 0 Å². The summed E-state index contributed by atoms with van der Waals surface area (Å²) in [5.74, 6) is 0. The number of aliphatic hydroxyl groups is 1. The van der Waals surface area contributed by atoms with Crippen molar-refractivity contribution in [3.8, 4) is 0 Å². The number of azide groups is 1. The molecule has 0 radical (unpaired) electrons. The number of aliphatic hydroxyl groups excluding tert-OH is 1. The number of ether oxygens (including phenoxy) is 3. The zero-order valence-corrected chi connectivity index (χ0v) is 18.0. The fraction of sp³-hybridized carbons (Fsp3) is 0.684. The van der Waals surface area contributed by atoms with Gasteiger partial charge in [0.1, 0.15) is 24.4 Å². The smallest absolute Gasteiger partial charge is 0.192 e. The Morgan fingerprint density at radius 3 is 2.50 bits per heavy atom. The Hall–Kier alpha value is -1.45. The van der Waals surface area contributed by atoms with Gasteiger partial charge in [-0.15, -0.1) is 0 Å². The van der Waals surface area contributed by atoms with Crippen LogP contribution in [0.1, 0.15) is 32.6 Å². The van der Waals surface area contributed by atoms with E-state index >= 15 is 0 Å². The van der Waals surface area contributed by atoms with Crippen LogP contribution in [0.5, 0.6) is 0 Å². The van der Waals surface area contributed by atoms with Gasteiger partial charge in [-0.1, -0.05) is 56.2 Å². The number of hydrogen-bond acceptors (Lipinski definition) is 6. The maximum atomic E-state index is 10.9. The second-order valence-electron chi connectivity index (χ2n) is 8.78. The summed E-state index contributed by atoms with van der Waals surface area (Å²) >= 11 is 0. The van der Waals surface area contributed by atoms with Crippen molar-refractivity contribution in [1.29, 1.82) is 0 Å². The lowest BCUT2D eigenvalue weighted by atomic mass is 9.97. The van der Waals surface area contributed by atoms with E-state index < -0.39 is 45.3 Å². The minimum atomic E-state index is -2.24. The molecule has 0 amide bonds. The third-order valence-corrected chi connectivity index (χ3v) is 10.3. The molecular formula is C19H29N3O5Si. The highest BCUT2D eigenvalue weighted by Gasteiger charge is 2.53. The van der Waals surface area contributed by atoms with Crippen molar-refractivity contribution < 1.29 is 23.7 Å². The lowest BCUT2D eigenvalue weighted by molar-refractivity contribution is -0.325.